The molecule has 0 atom stereocenters. The molecule has 3 rings (SSSR count). The molecule has 0 fully saturated rings. The van der Waals surface area contributed by atoms with Crippen LogP contribution in [0.15, 0.2) is 47.7 Å². The Kier molecular flexibility index (Phi) is 9.74. The molecular weight excluding hydrogens is 517 g/mol. The van der Waals surface area contributed by atoms with E-state index in [-0.39, 0.29) is 30.1 Å². The number of ether oxygens (including phenoxy) is 1. The van der Waals surface area contributed by atoms with Crippen molar-refractivity contribution in [3.8, 4) is 0 Å². The van der Waals surface area contributed by atoms with E-state index in [0.717, 1.165) is 24.1 Å². The lowest BCUT2D eigenvalue weighted by Gasteiger charge is -2.27. The number of hydrogen-bond donors (Lipinski definition) is 2. The van der Waals surface area contributed by atoms with Gasteiger partial charge in [0, 0.05) is 31.2 Å². The average molecular weight is 551 g/mol. The Morgan fingerprint density at radius 2 is 2.03 bits per heavy atom. The van der Waals surface area contributed by atoms with Crippen LogP contribution in [-0.2, 0) is 24.1 Å². The summed E-state index contributed by atoms with van der Waals surface area (Å²) in [5.41, 5.74) is 10.2. The summed E-state index contributed by atoms with van der Waals surface area (Å²) in [6, 6.07) is 10.2. The lowest BCUT2D eigenvalue weighted by molar-refractivity contribution is 0.0232. The number of nitrogens with two attached hydrogens (primary N) is 1. The molecule has 1 aliphatic carbocycles. The van der Waals surface area contributed by atoms with Crippen LogP contribution in [0.25, 0.3) is 0 Å². The number of hydrogen-bond acceptors (Lipinski definition) is 4. The summed E-state index contributed by atoms with van der Waals surface area (Å²) < 4.78 is 5.56. The van der Waals surface area contributed by atoms with E-state index in [0.29, 0.717) is 32.0 Å². The maximum absolute atomic E-state index is 12.6. The Hall–Kier alpha value is -2.36. The van der Waals surface area contributed by atoms with Gasteiger partial charge in [0.15, 0.2) is 5.96 Å². The number of nitrogens with one attached hydrogen (secondary N) is 1. The Labute approximate surface area is 207 Å². The van der Waals surface area contributed by atoms with Crippen LogP contribution in [0.5, 0.6) is 0 Å². The Morgan fingerprint density at radius 1 is 1.25 bits per heavy atom. The number of rotatable bonds is 7. The maximum Gasteiger partial charge on any atom is 0.410 e. The van der Waals surface area contributed by atoms with Crippen molar-refractivity contribution in [2.45, 2.75) is 58.6 Å². The first-order chi connectivity index (χ1) is 14.8. The second-order valence-electron chi connectivity index (χ2n) is 8.85. The smallest absolute Gasteiger partial charge is 0.410 e. The molecule has 0 saturated carbocycles. The van der Waals surface area contributed by atoms with E-state index >= 15 is 0 Å². The Bertz CT molecular complexity index is 912. The van der Waals surface area contributed by atoms with Crippen LogP contribution >= 0.6 is 24.0 Å². The number of aromatic nitrogens is 1. The molecule has 2 aromatic rings. The number of pyridine rings is 1. The first-order valence-electron chi connectivity index (χ1n) is 10.9. The van der Waals surface area contributed by atoms with Gasteiger partial charge in [-0.3, -0.25) is 9.98 Å². The van der Waals surface area contributed by atoms with E-state index in [4.69, 9.17) is 10.5 Å². The van der Waals surface area contributed by atoms with Gasteiger partial charge in [0.1, 0.15) is 5.60 Å². The minimum atomic E-state index is -0.549. The van der Waals surface area contributed by atoms with Crippen LogP contribution in [0.4, 0.5) is 10.5 Å². The van der Waals surface area contributed by atoms with Crippen molar-refractivity contribution in [2.75, 3.05) is 18.4 Å². The summed E-state index contributed by atoms with van der Waals surface area (Å²) >= 11 is 0. The summed E-state index contributed by atoms with van der Waals surface area (Å²) in [6.07, 6.45) is 7.30. The van der Waals surface area contributed by atoms with Gasteiger partial charge in [0.05, 0.1) is 6.54 Å². The van der Waals surface area contributed by atoms with Crippen molar-refractivity contribution >= 4 is 41.7 Å². The highest BCUT2D eigenvalue weighted by Crippen LogP contribution is 2.24. The monoisotopic (exact) mass is 551 g/mol. The molecule has 1 aliphatic rings. The predicted octanol–water partition coefficient (Wildman–Crippen LogP) is 4.74. The third kappa shape index (κ3) is 8.29. The fourth-order valence-corrected chi connectivity index (χ4v) is 3.57. The second kappa shape index (κ2) is 12.0. The fraction of sp³-hybridized carbons (Fsp3) is 0.458. The third-order valence-corrected chi connectivity index (χ3v) is 4.99. The number of carbonyl (C=O) groups is 1. The van der Waals surface area contributed by atoms with Crippen LogP contribution < -0.4 is 11.1 Å². The zero-order valence-corrected chi connectivity index (χ0v) is 21.5. The van der Waals surface area contributed by atoms with Crippen LogP contribution in [0, 0.1) is 0 Å². The number of fused-ring (bicyclic) bond motifs is 1. The minimum absolute atomic E-state index is 0. The summed E-state index contributed by atoms with van der Waals surface area (Å²) in [6.45, 7) is 7.05. The normalized spacial score (nSPS) is 13.2. The van der Waals surface area contributed by atoms with Crippen molar-refractivity contribution in [2.24, 2.45) is 10.7 Å². The predicted molar refractivity (Wildman–Crippen MR) is 139 cm³/mol. The van der Waals surface area contributed by atoms with Crippen molar-refractivity contribution in [3.05, 3.63) is 59.4 Å². The van der Waals surface area contributed by atoms with E-state index in [1.165, 1.54) is 17.5 Å². The van der Waals surface area contributed by atoms with Crippen LogP contribution in [-0.4, -0.2) is 40.6 Å². The van der Waals surface area contributed by atoms with Crippen LogP contribution in [0.1, 0.15) is 50.3 Å². The van der Waals surface area contributed by atoms with Gasteiger partial charge in [0.25, 0.3) is 0 Å². The molecule has 0 radical (unpaired) electrons. The number of aryl methyl sites for hydroxylation is 2. The van der Waals surface area contributed by atoms with Crippen molar-refractivity contribution in [1.29, 1.82) is 0 Å². The highest BCUT2D eigenvalue weighted by atomic mass is 127. The van der Waals surface area contributed by atoms with Gasteiger partial charge in [-0.25, -0.2) is 4.79 Å². The largest absolute Gasteiger partial charge is 0.444 e. The van der Waals surface area contributed by atoms with Gasteiger partial charge in [-0.05, 0) is 81.3 Å². The molecule has 3 N–H and O–H groups in total. The Morgan fingerprint density at radius 3 is 2.75 bits per heavy atom. The van der Waals surface area contributed by atoms with Gasteiger partial charge in [-0.1, -0.05) is 12.1 Å². The maximum atomic E-state index is 12.6. The highest BCUT2D eigenvalue weighted by Gasteiger charge is 2.22. The molecule has 1 amide bonds. The molecule has 174 valence electrons. The molecule has 7 nitrogen and oxygen atoms in total. The molecule has 8 heteroatoms. The van der Waals surface area contributed by atoms with Crippen molar-refractivity contribution in [3.63, 3.8) is 0 Å². The van der Waals surface area contributed by atoms with E-state index in [1.807, 2.05) is 39.0 Å². The lowest BCUT2D eigenvalue weighted by Crippen LogP contribution is -2.37. The van der Waals surface area contributed by atoms with Gasteiger partial charge in [-0.15, -0.1) is 24.0 Å². The number of guanidine groups is 1. The number of benzene rings is 1. The molecule has 0 saturated heterocycles. The number of carbonyl (C=O) groups excluding carboxylic acids is 1. The molecule has 32 heavy (non-hydrogen) atoms. The molecule has 0 bridgehead atoms. The van der Waals surface area contributed by atoms with Crippen LogP contribution in [0.3, 0.4) is 0 Å². The van der Waals surface area contributed by atoms with Gasteiger partial charge in [-0.2, -0.15) is 0 Å². The number of anilines is 1. The van der Waals surface area contributed by atoms with Crippen molar-refractivity contribution < 1.29 is 9.53 Å². The molecule has 1 aromatic carbocycles. The van der Waals surface area contributed by atoms with Crippen LogP contribution in [0.2, 0.25) is 0 Å². The van der Waals surface area contributed by atoms with Crippen molar-refractivity contribution in [1.82, 2.24) is 9.88 Å². The molecule has 0 spiro atoms. The lowest BCUT2D eigenvalue weighted by atomic mass is 10.1. The molecule has 1 aromatic heterocycles. The summed E-state index contributed by atoms with van der Waals surface area (Å²) in [5, 5.41) is 3.17. The zero-order valence-electron chi connectivity index (χ0n) is 19.1. The Balaban J connectivity index is 0.00000363. The first-order valence-corrected chi connectivity index (χ1v) is 10.9. The highest BCUT2D eigenvalue weighted by molar-refractivity contribution is 14.0. The molecular formula is C24H34IN5O2. The minimum Gasteiger partial charge on any atom is -0.444 e. The van der Waals surface area contributed by atoms with Gasteiger partial charge in [0.2, 0.25) is 0 Å². The van der Waals surface area contributed by atoms with E-state index in [1.54, 1.807) is 17.3 Å². The topological polar surface area (TPSA) is 92.8 Å². The number of aliphatic imine (C=N–C) groups is 1. The number of halogens is 1. The first kappa shape index (κ1) is 25.9. The summed E-state index contributed by atoms with van der Waals surface area (Å²) in [7, 11) is 0. The summed E-state index contributed by atoms with van der Waals surface area (Å²) in [4.78, 5) is 22.9. The fourth-order valence-electron chi connectivity index (χ4n) is 3.57. The van der Waals surface area contributed by atoms with Gasteiger partial charge >= 0.3 is 6.09 Å². The number of amides is 1. The molecule has 1 heterocycles. The molecule has 0 aliphatic heterocycles. The third-order valence-electron chi connectivity index (χ3n) is 4.99. The quantitative estimate of drug-likeness (QED) is 0.225. The van der Waals surface area contributed by atoms with E-state index in [2.05, 4.69) is 27.4 Å². The average Bonchev–Trinajstić information content (AvgIpc) is 3.17. The molecule has 0 unspecified atom stereocenters. The zero-order chi connectivity index (χ0) is 22.3. The SMILES string of the molecule is CC(C)(C)OC(=O)N(CCCN=C(N)Nc1ccc2c(c1)CCC2)Cc1cccnc1.I. The second-order valence-corrected chi connectivity index (χ2v) is 8.85. The van der Waals surface area contributed by atoms with E-state index < -0.39 is 5.60 Å². The van der Waals surface area contributed by atoms with Gasteiger partial charge < -0.3 is 20.7 Å². The summed E-state index contributed by atoms with van der Waals surface area (Å²) in [5.74, 6) is 0.383. The standard InChI is InChI=1S/C24H33N5O2.HI/c1-24(2,3)31-23(30)29(17-18-7-5-12-26-16-18)14-6-13-27-22(25)28-21-11-10-19-8-4-9-20(19)15-21;/h5,7,10-12,15-16H,4,6,8-9,13-14,17H2,1-3H3,(H3,25,27,28);1H. The number of nitrogens with zero attached hydrogens (tertiary/aromatic N) is 3. The van der Waals surface area contributed by atoms with E-state index in [9.17, 15) is 4.79 Å².